The Hall–Kier alpha value is -1.64. The summed E-state index contributed by atoms with van der Waals surface area (Å²) < 4.78 is 32.3. The summed E-state index contributed by atoms with van der Waals surface area (Å²) in [6.45, 7) is 5.25. The molecule has 0 aliphatic heterocycles. The molecule has 124 valence electrons. The molecule has 1 aromatic carbocycles. The molecule has 0 saturated carbocycles. The van der Waals surface area contributed by atoms with Gasteiger partial charge in [0.25, 0.3) is 5.91 Å². The number of halogens is 1. The lowest BCUT2D eigenvalue weighted by Crippen LogP contribution is -2.30. The van der Waals surface area contributed by atoms with Crippen LogP contribution in [0, 0.1) is 6.92 Å². The lowest BCUT2D eigenvalue weighted by atomic mass is 10.2. The first kappa shape index (κ1) is 17.7. The van der Waals surface area contributed by atoms with Gasteiger partial charge in [-0.25, -0.2) is 13.1 Å². The van der Waals surface area contributed by atoms with Gasteiger partial charge in [-0.3, -0.25) is 4.79 Å². The summed E-state index contributed by atoms with van der Waals surface area (Å²) in [7, 11) is -3.55. The van der Waals surface area contributed by atoms with E-state index in [0.717, 1.165) is 0 Å². The zero-order chi connectivity index (χ0) is 17.2. The van der Waals surface area contributed by atoms with Crippen molar-refractivity contribution in [2.75, 3.05) is 5.32 Å². The molecule has 0 saturated heterocycles. The van der Waals surface area contributed by atoms with Crippen LogP contribution in [0.3, 0.4) is 0 Å². The van der Waals surface area contributed by atoms with E-state index in [9.17, 15) is 13.2 Å². The van der Waals surface area contributed by atoms with Crippen molar-refractivity contribution in [3.63, 3.8) is 0 Å². The molecule has 1 amide bonds. The zero-order valence-corrected chi connectivity index (χ0v) is 15.3. The molecule has 23 heavy (non-hydrogen) atoms. The number of sulfonamides is 1. The Morgan fingerprint density at radius 3 is 2.30 bits per heavy atom. The van der Waals surface area contributed by atoms with Crippen molar-refractivity contribution in [3.05, 3.63) is 46.3 Å². The van der Waals surface area contributed by atoms with Gasteiger partial charge in [-0.1, -0.05) is 0 Å². The van der Waals surface area contributed by atoms with Crippen LogP contribution in [0.1, 0.15) is 30.0 Å². The second kappa shape index (κ2) is 6.86. The van der Waals surface area contributed by atoms with Gasteiger partial charge < -0.3 is 9.73 Å². The van der Waals surface area contributed by atoms with Crippen LogP contribution in [0.25, 0.3) is 0 Å². The monoisotopic (exact) mass is 400 g/mol. The normalized spacial score (nSPS) is 11.7. The van der Waals surface area contributed by atoms with Crippen LogP contribution in [0.4, 0.5) is 5.69 Å². The highest BCUT2D eigenvalue weighted by molar-refractivity contribution is 9.10. The maximum Gasteiger partial charge on any atom is 0.291 e. The van der Waals surface area contributed by atoms with E-state index in [2.05, 4.69) is 26.0 Å². The zero-order valence-electron chi connectivity index (χ0n) is 12.9. The summed E-state index contributed by atoms with van der Waals surface area (Å²) in [6, 6.07) is 7.43. The van der Waals surface area contributed by atoms with Gasteiger partial charge in [-0.05, 0) is 67.0 Å². The van der Waals surface area contributed by atoms with Crippen molar-refractivity contribution >= 4 is 37.5 Å². The predicted molar refractivity (Wildman–Crippen MR) is 91.0 cm³/mol. The van der Waals surface area contributed by atoms with E-state index in [0.29, 0.717) is 15.9 Å². The van der Waals surface area contributed by atoms with E-state index in [1.54, 1.807) is 26.8 Å². The van der Waals surface area contributed by atoms with Gasteiger partial charge in [0.1, 0.15) is 0 Å². The third kappa shape index (κ3) is 4.43. The molecule has 0 unspecified atom stereocenters. The molecule has 0 aliphatic carbocycles. The number of hydrogen-bond donors (Lipinski definition) is 2. The van der Waals surface area contributed by atoms with E-state index in [1.165, 1.54) is 24.3 Å². The van der Waals surface area contributed by atoms with Crippen LogP contribution in [0.2, 0.25) is 0 Å². The first-order valence-electron chi connectivity index (χ1n) is 6.89. The molecule has 2 rings (SSSR count). The number of aryl methyl sites for hydroxylation is 1. The number of nitrogens with one attached hydrogen (secondary N) is 2. The molecule has 1 heterocycles. The minimum absolute atomic E-state index is 0.140. The first-order valence-corrected chi connectivity index (χ1v) is 9.16. The van der Waals surface area contributed by atoms with Crippen molar-refractivity contribution < 1.29 is 17.6 Å². The summed E-state index contributed by atoms with van der Waals surface area (Å²) in [5.41, 5.74) is 1.18. The Morgan fingerprint density at radius 1 is 1.22 bits per heavy atom. The molecule has 0 fully saturated rings. The molecule has 0 bridgehead atoms. The lowest BCUT2D eigenvalue weighted by molar-refractivity contribution is 0.0994. The Labute approximate surface area is 143 Å². The third-order valence-electron chi connectivity index (χ3n) is 2.91. The van der Waals surface area contributed by atoms with Gasteiger partial charge in [0.2, 0.25) is 10.0 Å². The fraction of sp³-hybridized carbons (Fsp3) is 0.267. The lowest BCUT2D eigenvalue weighted by Gasteiger charge is -2.10. The Balaban J connectivity index is 2.14. The number of hydrogen-bond acceptors (Lipinski definition) is 4. The van der Waals surface area contributed by atoms with Crippen LogP contribution >= 0.6 is 15.9 Å². The van der Waals surface area contributed by atoms with Crippen LogP contribution in [0.5, 0.6) is 0 Å². The second-order valence-electron chi connectivity index (χ2n) is 5.32. The van der Waals surface area contributed by atoms with Crippen molar-refractivity contribution in [2.24, 2.45) is 0 Å². The van der Waals surface area contributed by atoms with Crippen molar-refractivity contribution in [3.8, 4) is 0 Å². The largest absolute Gasteiger partial charge is 0.444 e. The fourth-order valence-electron chi connectivity index (χ4n) is 1.95. The fourth-order valence-corrected chi connectivity index (χ4v) is 3.71. The van der Waals surface area contributed by atoms with Crippen molar-refractivity contribution in [1.29, 1.82) is 0 Å². The Bertz CT molecular complexity index is 811. The maximum absolute atomic E-state index is 12.1. The van der Waals surface area contributed by atoms with Crippen molar-refractivity contribution in [1.82, 2.24) is 4.72 Å². The summed E-state index contributed by atoms with van der Waals surface area (Å²) in [4.78, 5) is 12.3. The number of carbonyl (C=O) groups is 1. The first-order chi connectivity index (χ1) is 10.7. The Kier molecular flexibility index (Phi) is 5.28. The number of carbonyl (C=O) groups excluding carboxylic acids is 1. The minimum Gasteiger partial charge on any atom is -0.444 e. The predicted octanol–water partition coefficient (Wildman–Crippen LogP) is 3.29. The van der Waals surface area contributed by atoms with E-state index < -0.39 is 15.9 Å². The Morgan fingerprint density at radius 2 is 1.83 bits per heavy atom. The van der Waals surface area contributed by atoms with E-state index in [4.69, 9.17) is 4.42 Å². The van der Waals surface area contributed by atoms with E-state index in [1.807, 2.05) is 0 Å². The number of rotatable bonds is 5. The van der Waals surface area contributed by atoms with Gasteiger partial charge in [-0.2, -0.15) is 0 Å². The average molecular weight is 401 g/mol. The molecule has 0 radical (unpaired) electrons. The molecular weight excluding hydrogens is 384 g/mol. The molecule has 2 N–H and O–H groups in total. The highest BCUT2D eigenvalue weighted by atomic mass is 79.9. The summed E-state index contributed by atoms with van der Waals surface area (Å²) in [5, 5.41) is 2.66. The smallest absolute Gasteiger partial charge is 0.291 e. The van der Waals surface area contributed by atoms with Crippen LogP contribution in [-0.2, 0) is 10.0 Å². The van der Waals surface area contributed by atoms with Crippen LogP contribution < -0.4 is 10.0 Å². The third-order valence-corrected chi connectivity index (χ3v) is 4.97. The summed E-state index contributed by atoms with van der Waals surface area (Å²) >= 11 is 3.17. The molecular formula is C15H17BrN2O4S. The number of furan rings is 1. The number of anilines is 1. The molecule has 8 heteroatoms. The summed E-state index contributed by atoms with van der Waals surface area (Å²) in [5.74, 6) is -0.195. The van der Waals surface area contributed by atoms with Crippen molar-refractivity contribution in [2.45, 2.75) is 31.7 Å². The minimum atomic E-state index is -3.55. The highest BCUT2D eigenvalue weighted by Gasteiger charge is 2.17. The SMILES string of the molecule is Cc1cc(Br)oc1C(=O)Nc1ccc(S(=O)(=O)NC(C)C)cc1. The van der Waals surface area contributed by atoms with E-state index in [-0.39, 0.29) is 16.7 Å². The molecule has 0 atom stereocenters. The number of benzene rings is 1. The highest BCUT2D eigenvalue weighted by Crippen LogP contribution is 2.21. The van der Waals surface area contributed by atoms with Gasteiger partial charge in [0, 0.05) is 17.3 Å². The molecule has 0 spiro atoms. The van der Waals surface area contributed by atoms with Gasteiger partial charge >= 0.3 is 0 Å². The number of amides is 1. The summed E-state index contributed by atoms with van der Waals surface area (Å²) in [6.07, 6.45) is 0. The molecule has 0 aliphatic rings. The molecule has 2 aromatic rings. The van der Waals surface area contributed by atoms with E-state index >= 15 is 0 Å². The van der Waals surface area contributed by atoms with Gasteiger partial charge in [-0.15, -0.1) is 0 Å². The molecule has 6 nitrogen and oxygen atoms in total. The van der Waals surface area contributed by atoms with Crippen LogP contribution in [-0.4, -0.2) is 20.4 Å². The maximum atomic E-state index is 12.1. The van der Waals surface area contributed by atoms with Gasteiger partial charge in [0.05, 0.1) is 4.90 Å². The quantitative estimate of drug-likeness (QED) is 0.805. The standard InChI is InChI=1S/C15H17BrN2O4S/c1-9(2)18-23(20,21)12-6-4-11(5-7-12)17-15(19)14-10(3)8-13(16)22-14/h4-9,18H,1-3H3,(H,17,19). The van der Waals surface area contributed by atoms with Crippen LogP contribution in [0.15, 0.2) is 44.3 Å². The topological polar surface area (TPSA) is 88.4 Å². The second-order valence-corrected chi connectivity index (χ2v) is 7.81. The average Bonchev–Trinajstić information content (AvgIpc) is 2.77. The van der Waals surface area contributed by atoms with Gasteiger partial charge in [0.15, 0.2) is 10.4 Å². The molecule has 1 aromatic heterocycles.